The summed E-state index contributed by atoms with van der Waals surface area (Å²) in [4.78, 5) is 8.18. The Bertz CT molecular complexity index is 474. The Morgan fingerprint density at radius 2 is 2.16 bits per heavy atom. The molecule has 1 aromatic rings. The third-order valence-electron chi connectivity index (χ3n) is 2.61. The molecule has 1 unspecified atom stereocenters. The molecule has 0 saturated carbocycles. The summed E-state index contributed by atoms with van der Waals surface area (Å²) in [5.41, 5.74) is 0. The molecule has 1 aliphatic heterocycles. The fraction of sp³-hybridized carbons (Fsp3) is 0.429. The van der Waals surface area contributed by atoms with Crippen LogP contribution in [0.2, 0.25) is 0 Å². The van der Waals surface area contributed by atoms with Crippen LogP contribution in [0.4, 0.5) is 0 Å². The minimum Gasteiger partial charge on any atom is -0.496 e. The smallest absolute Gasteiger partial charge is 0.138 e. The predicted molar refractivity (Wildman–Crippen MR) is 78.4 cm³/mol. The zero-order valence-electron chi connectivity index (χ0n) is 10.9. The largest absolute Gasteiger partial charge is 0.496 e. The summed E-state index contributed by atoms with van der Waals surface area (Å²) in [6, 6.07) is 1.90. The predicted octanol–water partition coefficient (Wildman–Crippen LogP) is 3.58. The molecule has 0 spiro atoms. The van der Waals surface area contributed by atoms with Gasteiger partial charge in [-0.15, -0.1) is 0 Å². The number of aromatic nitrogens is 1. The number of rotatable bonds is 6. The standard InChI is InChI=1S/C14H17BrN2O2/c1-11-5-13(9-16-7-11)18-3-2-4-19-14-6-12(15)8-17-10-14/h6-11H,2-5H2,1H3. The van der Waals surface area contributed by atoms with E-state index in [0.29, 0.717) is 19.1 Å². The molecule has 2 rings (SSSR count). The molecule has 0 saturated heterocycles. The molecule has 2 heterocycles. The maximum atomic E-state index is 5.66. The summed E-state index contributed by atoms with van der Waals surface area (Å²) < 4.78 is 12.2. The van der Waals surface area contributed by atoms with Crippen molar-refractivity contribution >= 4 is 22.1 Å². The van der Waals surface area contributed by atoms with Crippen LogP contribution in [-0.4, -0.2) is 24.4 Å². The van der Waals surface area contributed by atoms with Crippen LogP contribution >= 0.6 is 15.9 Å². The first-order valence-electron chi connectivity index (χ1n) is 6.32. The molecule has 19 heavy (non-hydrogen) atoms. The molecule has 0 aliphatic carbocycles. The van der Waals surface area contributed by atoms with Gasteiger partial charge < -0.3 is 9.47 Å². The molecule has 5 heteroatoms. The fourth-order valence-corrected chi connectivity index (χ4v) is 2.06. The molecule has 0 N–H and O–H groups in total. The molecule has 0 aromatic carbocycles. The first-order chi connectivity index (χ1) is 9.24. The normalized spacial score (nSPS) is 18.0. The molecule has 1 aliphatic rings. The topological polar surface area (TPSA) is 43.7 Å². The van der Waals surface area contributed by atoms with Crippen LogP contribution in [0.5, 0.6) is 5.75 Å². The second-order valence-electron chi connectivity index (χ2n) is 4.46. The number of pyridine rings is 1. The summed E-state index contributed by atoms with van der Waals surface area (Å²) in [6.07, 6.45) is 8.93. The first-order valence-corrected chi connectivity index (χ1v) is 7.12. The van der Waals surface area contributed by atoms with Crippen molar-refractivity contribution in [1.29, 1.82) is 0 Å². The van der Waals surface area contributed by atoms with Gasteiger partial charge in [0.25, 0.3) is 0 Å². The second-order valence-corrected chi connectivity index (χ2v) is 5.38. The first kappa shape index (κ1) is 14.1. The van der Waals surface area contributed by atoms with Gasteiger partial charge in [-0.25, -0.2) is 0 Å². The average Bonchev–Trinajstić information content (AvgIpc) is 2.38. The van der Waals surface area contributed by atoms with E-state index in [1.165, 1.54) is 0 Å². The maximum Gasteiger partial charge on any atom is 0.138 e. The average molecular weight is 325 g/mol. The van der Waals surface area contributed by atoms with E-state index >= 15 is 0 Å². The van der Waals surface area contributed by atoms with Gasteiger partial charge in [0.1, 0.15) is 11.5 Å². The van der Waals surface area contributed by atoms with Crippen molar-refractivity contribution in [1.82, 2.24) is 4.98 Å². The van der Waals surface area contributed by atoms with E-state index in [0.717, 1.165) is 28.8 Å². The minimum absolute atomic E-state index is 0.462. The molecular weight excluding hydrogens is 308 g/mol. The lowest BCUT2D eigenvalue weighted by Crippen LogP contribution is -2.08. The zero-order valence-corrected chi connectivity index (χ0v) is 12.5. The van der Waals surface area contributed by atoms with Crippen LogP contribution in [0.25, 0.3) is 0 Å². The third-order valence-corrected chi connectivity index (χ3v) is 3.04. The lowest BCUT2D eigenvalue weighted by atomic mass is 10.1. The summed E-state index contributed by atoms with van der Waals surface area (Å²) in [7, 11) is 0. The molecule has 102 valence electrons. The van der Waals surface area contributed by atoms with E-state index in [1.54, 1.807) is 18.6 Å². The molecule has 1 aromatic heterocycles. The number of aliphatic imine (C=N–C) groups is 1. The van der Waals surface area contributed by atoms with Gasteiger partial charge in [-0.05, 0) is 27.9 Å². The van der Waals surface area contributed by atoms with Crippen molar-refractivity contribution in [3.8, 4) is 5.75 Å². The van der Waals surface area contributed by atoms with Crippen molar-refractivity contribution in [2.75, 3.05) is 13.2 Å². The Hall–Kier alpha value is -1.36. The van der Waals surface area contributed by atoms with Crippen LogP contribution in [-0.2, 0) is 4.74 Å². The Morgan fingerprint density at radius 3 is 2.95 bits per heavy atom. The van der Waals surface area contributed by atoms with Crippen molar-refractivity contribution in [3.05, 3.63) is 34.9 Å². The molecular formula is C14H17BrN2O2. The van der Waals surface area contributed by atoms with Gasteiger partial charge in [-0.1, -0.05) is 6.92 Å². The highest BCUT2D eigenvalue weighted by molar-refractivity contribution is 9.10. The van der Waals surface area contributed by atoms with Crippen molar-refractivity contribution in [2.45, 2.75) is 19.8 Å². The van der Waals surface area contributed by atoms with Gasteiger partial charge in [-0.2, -0.15) is 0 Å². The number of ether oxygens (including phenoxy) is 2. The quantitative estimate of drug-likeness (QED) is 0.751. The number of halogens is 1. The molecule has 1 atom stereocenters. The van der Waals surface area contributed by atoms with Gasteiger partial charge in [0, 0.05) is 29.7 Å². The Balaban J connectivity index is 1.62. The van der Waals surface area contributed by atoms with Crippen LogP contribution in [0.3, 0.4) is 0 Å². The summed E-state index contributed by atoms with van der Waals surface area (Å²) in [5, 5.41) is 0. The highest BCUT2D eigenvalue weighted by Crippen LogP contribution is 2.17. The van der Waals surface area contributed by atoms with Crippen LogP contribution in [0.15, 0.2) is 39.9 Å². The Morgan fingerprint density at radius 1 is 1.32 bits per heavy atom. The van der Waals surface area contributed by atoms with E-state index in [-0.39, 0.29) is 0 Å². The third kappa shape index (κ3) is 5.03. The van der Waals surface area contributed by atoms with Crippen LogP contribution in [0.1, 0.15) is 19.8 Å². The molecule has 0 fully saturated rings. The van der Waals surface area contributed by atoms with E-state index < -0.39 is 0 Å². The van der Waals surface area contributed by atoms with Crippen molar-refractivity contribution < 1.29 is 9.47 Å². The molecule has 0 radical (unpaired) electrons. The highest BCUT2D eigenvalue weighted by Gasteiger charge is 2.08. The molecule has 0 bridgehead atoms. The monoisotopic (exact) mass is 324 g/mol. The van der Waals surface area contributed by atoms with E-state index in [4.69, 9.17) is 9.47 Å². The summed E-state index contributed by atoms with van der Waals surface area (Å²) in [5.74, 6) is 2.19. The van der Waals surface area contributed by atoms with E-state index in [1.807, 2.05) is 12.3 Å². The SMILES string of the molecule is CC1C=NC=C(OCCCOc2cncc(Br)c2)C1. The lowest BCUT2D eigenvalue weighted by molar-refractivity contribution is 0.171. The van der Waals surface area contributed by atoms with Crippen molar-refractivity contribution in [3.63, 3.8) is 0 Å². The van der Waals surface area contributed by atoms with Crippen LogP contribution < -0.4 is 4.74 Å². The van der Waals surface area contributed by atoms with Gasteiger partial charge in [0.2, 0.25) is 0 Å². The van der Waals surface area contributed by atoms with Gasteiger partial charge in [0.05, 0.1) is 25.6 Å². The fourth-order valence-electron chi connectivity index (χ4n) is 1.72. The second kappa shape index (κ2) is 7.28. The van der Waals surface area contributed by atoms with Gasteiger partial charge in [0.15, 0.2) is 0 Å². The van der Waals surface area contributed by atoms with Crippen LogP contribution in [0, 0.1) is 5.92 Å². The van der Waals surface area contributed by atoms with Gasteiger partial charge >= 0.3 is 0 Å². The zero-order chi connectivity index (χ0) is 13.5. The lowest BCUT2D eigenvalue weighted by Gasteiger charge is -2.15. The van der Waals surface area contributed by atoms with E-state index in [9.17, 15) is 0 Å². The minimum atomic E-state index is 0.462. The number of hydrogen-bond acceptors (Lipinski definition) is 4. The Labute approximate surface area is 121 Å². The van der Waals surface area contributed by atoms with Gasteiger partial charge in [-0.3, -0.25) is 9.98 Å². The number of hydrogen-bond donors (Lipinski definition) is 0. The molecule has 0 amide bonds. The number of allylic oxidation sites excluding steroid dienone is 1. The van der Waals surface area contributed by atoms with E-state index in [2.05, 4.69) is 32.8 Å². The highest BCUT2D eigenvalue weighted by atomic mass is 79.9. The molecule has 4 nitrogen and oxygen atoms in total. The summed E-state index contributed by atoms with van der Waals surface area (Å²) >= 11 is 3.35. The maximum absolute atomic E-state index is 5.66. The Kier molecular flexibility index (Phi) is 5.39. The summed E-state index contributed by atoms with van der Waals surface area (Å²) in [6.45, 7) is 3.39. The van der Waals surface area contributed by atoms with Crippen molar-refractivity contribution in [2.24, 2.45) is 10.9 Å². The number of nitrogens with zero attached hydrogens (tertiary/aromatic N) is 2.